The summed E-state index contributed by atoms with van der Waals surface area (Å²) in [4.78, 5) is 8.62. The highest BCUT2D eigenvalue weighted by atomic mass is 32.2. The van der Waals surface area contributed by atoms with Crippen LogP contribution in [0.2, 0.25) is 0 Å². The molecule has 0 spiro atoms. The Morgan fingerprint density at radius 3 is 2.41 bits per heavy atom. The van der Waals surface area contributed by atoms with Crippen molar-refractivity contribution in [3.63, 3.8) is 0 Å². The quantitative estimate of drug-likeness (QED) is 0.542. The van der Waals surface area contributed by atoms with Crippen molar-refractivity contribution in [1.82, 2.24) is 5.32 Å². The van der Waals surface area contributed by atoms with E-state index in [-0.39, 0.29) is 29.4 Å². The molecule has 1 saturated heterocycles. The van der Waals surface area contributed by atoms with Crippen LogP contribution in [-0.4, -0.2) is 58.4 Å². The van der Waals surface area contributed by atoms with E-state index in [1.165, 1.54) is 4.31 Å². The standard InChI is InChI=1S/C24H34N2O4S.CH2O2/c1-17(2)15-26(24-11-6-18(3)14-19(24)4)31(27,28)22-9-7-21(8-10-22)30-16-23-20(5)29-13-12-25-23;2-1-3/h6-11,14,17,20,23,25H,12-13,15-16H2,1-5H3;1H,(H,2,3)/t20-,23-;/m1./s1. The van der Waals surface area contributed by atoms with Gasteiger partial charge in [-0.05, 0) is 62.6 Å². The molecular formula is C25H36N2O6S. The first-order chi connectivity index (χ1) is 16.1. The van der Waals surface area contributed by atoms with E-state index >= 15 is 0 Å². The number of hydrogen-bond acceptors (Lipinski definition) is 6. The van der Waals surface area contributed by atoms with E-state index in [9.17, 15) is 8.42 Å². The minimum Gasteiger partial charge on any atom is -0.492 e. The maximum absolute atomic E-state index is 13.5. The molecule has 2 atom stereocenters. The third-order valence-corrected chi connectivity index (χ3v) is 7.24. The molecule has 1 aliphatic heterocycles. The Balaban J connectivity index is 0.00000129. The molecule has 1 aliphatic rings. The highest BCUT2D eigenvalue weighted by molar-refractivity contribution is 7.92. The SMILES string of the molecule is Cc1ccc(N(CC(C)C)S(=O)(=O)c2ccc(OC[C@H]3NCCO[C@@H]3C)cc2)c(C)c1.O=CO. The van der Waals surface area contributed by atoms with Gasteiger partial charge in [0.2, 0.25) is 0 Å². The van der Waals surface area contributed by atoms with Crippen molar-refractivity contribution in [2.45, 2.75) is 51.7 Å². The van der Waals surface area contributed by atoms with E-state index in [0.29, 0.717) is 25.5 Å². The molecule has 0 radical (unpaired) electrons. The van der Waals surface area contributed by atoms with Gasteiger partial charge in [-0.2, -0.15) is 0 Å². The summed E-state index contributed by atoms with van der Waals surface area (Å²) in [6, 6.07) is 12.6. The molecule has 1 heterocycles. The van der Waals surface area contributed by atoms with Crippen molar-refractivity contribution in [3.05, 3.63) is 53.6 Å². The Kier molecular flexibility index (Phi) is 10.3. The average molecular weight is 493 g/mol. The fourth-order valence-electron chi connectivity index (χ4n) is 3.73. The lowest BCUT2D eigenvalue weighted by Gasteiger charge is -2.30. The van der Waals surface area contributed by atoms with E-state index in [4.69, 9.17) is 19.4 Å². The molecule has 2 aromatic carbocycles. The monoisotopic (exact) mass is 492 g/mol. The highest BCUT2D eigenvalue weighted by Gasteiger charge is 2.27. The van der Waals surface area contributed by atoms with E-state index in [2.05, 4.69) is 5.32 Å². The zero-order valence-electron chi connectivity index (χ0n) is 20.5. The number of rotatable bonds is 8. The first kappa shape index (κ1) is 27.6. The van der Waals surface area contributed by atoms with Crippen LogP contribution in [0.4, 0.5) is 5.69 Å². The summed E-state index contributed by atoms with van der Waals surface area (Å²) >= 11 is 0. The van der Waals surface area contributed by atoms with Gasteiger partial charge < -0.3 is 19.9 Å². The average Bonchev–Trinajstić information content (AvgIpc) is 2.78. The lowest BCUT2D eigenvalue weighted by atomic mass is 10.1. The van der Waals surface area contributed by atoms with Gasteiger partial charge in [0, 0.05) is 13.1 Å². The molecule has 188 valence electrons. The van der Waals surface area contributed by atoms with Crippen molar-refractivity contribution in [2.75, 3.05) is 30.6 Å². The van der Waals surface area contributed by atoms with Crippen LogP contribution in [-0.2, 0) is 19.6 Å². The van der Waals surface area contributed by atoms with Crippen molar-refractivity contribution in [1.29, 1.82) is 0 Å². The number of sulfonamides is 1. The number of hydrogen-bond donors (Lipinski definition) is 2. The Labute approximate surface area is 202 Å². The highest BCUT2D eigenvalue weighted by Crippen LogP contribution is 2.29. The minimum atomic E-state index is -3.70. The fraction of sp³-hybridized carbons (Fsp3) is 0.480. The van der Waals surface area contributed by atoms with Crippen LogP contribution in [0, 0.1) is 19.8 Å². The molecule has 0 bridgehead atoms. The van der Waals surface area contributed by atoms with E-state index in [0.717, 1.165) is 23.4 Å². The first-order valence-corrected chi connectivity index (χ1v) is 12.8. The molecule has 8 nitrogen and oxygen atoms in total. The van der Waals surface area contributed by atoms with Crippen LogP contribution in [0.1, 0.15) is 31.9 Å². The maximum atomic E-state index is 13.5. The Bertz CT molecular complexity index is 1020. The molecule has 9 heteroatoms. The largest absolute Gasteiger partial charge is 0.492 e. The third kappa shape index (κ3) is 7.44. The van der Waals surface area contributed by atoms with Gasteiger partial charge in [-0.3, -0.25) is 9.10 Å². The number of carbonyl (C=O) groups is 1. The van der Waals surface area contributed by atoms with Crippen LogP contribution in [0.3, 0.4) is 0 Å². The van der Waals surface area contributed by atoms with Crippen LogP contribution < -0.4 is 14.4 Å². The van der Waals surface area contributed by atoms with Gasteiger partial charge in [0.15, 0.2) is 0 Å². The number of nitrogens with one attached hydrogen (secondary N) is 1. The first-order valence-electron chi connectivity index (χ1n) is 11.4. The molecule has 2 aromatic rings. The molecule has 1 fully saturated rings. The Hall–Kier alpha value is -2.62. The second kappa shape index (κ2) is 12.7. The van der Waals surface area contributed by atoms with Gasteiger partial charge in [0.25, 0.3) is 16.5 Å². The fourth-order valence-corrected chi connectivity index (χ4v) is 5.42. The van der Waals surface area contributed by atoms with Gasteiger partial charge >= 0.3 is 0 Å². The van der Waals surface area contributed by atoms with Crippen LogP contribution >= 0.6 is 0 Å². The summed E-state index contributed by atoms with van der Waals surface area (Å²) in [5.41, 5.74) is 2.77. The second-order valence-corrected chi connectivity index (χ2v) is 10.6. The van der Waals surface area contributed by atoms with Gasteiger partial charge in [-0.1, -0.05) is 31.5 Å². The molecule has 0 amide bonds. The maximum Gasteiger partial charge on any atom is 0.290 e. The predicted molar refractivity (Wildman–Crippen MR) is 133 cm³/mol. The molecule has 0 aromatic heterocycles. The van der Waals surface area contributed by atoms with Gasteiger partial charge in [-0.15, -0.1) is 0 Å². The lowest BCUT2D eigenvalue weighted by molar-refractivity contribution is -0.122. The van der Waals surface area contributed by atoms with E-state index < -0.39 is 10.0 Å². The van der Waals surface area contributed by atoms with Crippen molar-refractivity contribution < 1.29 is 27.8 Å². The summed E-state index contributed by atoms with van der Waals surface area (Å²) in [6.07, 6.45) is 0.0794. The van der Waals surface area contributed by atoms with Gasteiger partial charge in [-0.25, -0.2) is 8.42 Å². The van der Waals surface area contributed by atoms with Crippen LogP contribution in [0.25, 0.3) is 0 Å². The number of ether oxygens (including phenoxy) is 2. The van der Waals surface area contributed by atoms with Gasteiger partial charge in [0.05, 0.1) is 29.3 Å². The Morgan fingerprint density at radius 1 is 1.21 bits per heavy atom. The molecule has 0 aliphatic carbocycles. The molecule has 0 unspecified atom stereocenters. The van der Waals surface area contributed by atoms with Gasteiger partial charge in [0.1, 0.15) is 12.4 Å². The molecule has 0 saturated carbocycles. The summed E-state index contributed by atoms with van der Waals surface area (Å²) in [7, 11) is -3.70. The molecule has 3 rings (SSSR count). The van der Waals surface area contributed by atoms with Crippen LogP contribution in [0.15, 0.2) is 47.4 Å². The van der Waals surface area contributed by atoms with Crippen molar-refractivity contribution in [2.24, 2.45) is 5.92 Å². The normalized spacial score (nSPS) is 18.1. The Morgan fingerprint density at radius 2 is 1.85 bits per heavy atom. The minimum absolute atomic E-state index is 0.0794. The zero-order chi connectivity index (χ0) is 25.3. The molecule has 2 N–H and O–H groups in total. The van der Waals surface area contributed by atoms with Crippen molar-refractivity contribution >= 4 is 22.2 Å². The number of aryl methyl sites for hydroxylation is 2. The predicted octanol–water partition coefficient (Wildman–Crippen LogP) is 3.61. The third-order valence-electron chi connectivity index (χ3n) is 5.45. The molecule has 34 heavy (non-hydrogen) atoms. The lowest BCUT2D eigenvalue weighted by Crippen LogP contribution is -2.50. The number of carboxylic acid groups (broad SMARTS) is 1. The number of anilines is 1. The topological polar surface area (TPSA) is 105 Å². The van der Waals surface area contributed by atoms with Crippen molar-refractivity contribution in [3.8, 4) is 5.75 Å². The smallest absolute Gasteiger partial charge is 0.290 e. The number of morpholine rings is 1. The second-order valence-electron chi connectivity index (χ2n) is 8.74. The van der Waals surface area contributed by atoms with E-state index in [1.54, 1.807) is 24.3 Å². The van der Waals surface area contributed by atoms with E-state index in [1.807, 2.05) is 52.8 Å². The zero-order valence-corrected chi connectivity index (χ0v) is 21.3. The summed E-state index contributed by atoms with van der Waals surface area (Å²) in [5, 5.41) is 10.3. The number of nitrogens with zero attached hydrogens (tertiary/aromatic N) is 1. The summed E-state index contributed by atoms with van der Waals surface area (Å²) in [5.74, 6) is 0.825. The molecular weight excluding hydrogens is 456 g/mol. The summed E-state index contributed by atoms with van der Waals surface area (Å²) < 4.78 is 40.1. The summed E-state index contributed by atoms with van der Waals surface area (Å²) in [6.45, 7) is 12.2. The number of benzene rings is 2. The van der Waals surface area contributed by atoms with Crippen LogP contribution in [0.5, 0.6) is 5.75 Å².